The van der Waals surface area contributed by atoms with Crippen molar-refractivity contribution in [3.05, 3.63) is 42.0 Å². The van der Waals surface area contributed by atoms with Crippen LogP contribution in [-0.4, -0.2) is 13.1 Å². The van der Waals surface area contributed by atoms with Crippen molar-refractivity contribution in [2.75, 3.05) is 7.11 Å². The van der Waals surface area contributed by atoms with Crippen molar-refractivity contribution in [1.82, 2.24) is 0 Å². The van der Waals surface area contributed by atoms with Crippen molar-refractivity contribution in [3.63, 3.8) is 0 Å². The van der Waals surface area contributed by atoms with E-state index < -0.39 is 0 Å². The highest BCUT2D eigenvalue weighted by molar-refractivity contribution is 5.86. The lowest BCUT2D eigenvalue weighted by Crippen LogP contribution is -1.92. The van der Waals surface area contributed by atoms with E-state index in [2.05, 4.69) is 4.74 Å². The maximum atomic E-state index is 10.7. The molecule has 0 fully saturated rings. The van der Waals surface area contributed by atoms with Gasteiger partial charge in [-0.1, -0.05) is 30.3 Å². The highest BCUT2D eigenvalue weighted by Gasteiger charge is 1.89. The third-order valence-corrected chi connectivity index (χ3v) is 1.41. The Labute approximate surface area is 71.5 Å². The van der Waals surface area contributed by atoms with Crippen LogP contribution in [0.25, 0.3) is 6.08 Å². The molecule has 2 nitrogen and oxygen atoms in total. The number of ether oxygens (including phenoxy) is 1. The van der Waals surface area contributed by atoms with Crippen LogP contribution in [-0.2, 0) is 9.53 Å². The summed E-state index contributed by atoms with van der Waals surface area (Å²) in [6.45, 7) is 0. The summed E-state index contributed by atoms with van der Waals surface area (Å²) in [6, 6.07) is 9.59. The molecule has 0 spiro atoms. The normalized spacial score (nSPS) is 10.1. The van der Waals surface area contributed by atoms with Gasteiger partial charge in [-0.25, -0.2) is 4.79 Å². The quantitative estimate of drug-likeness (QED) is 0.378. The van der Waals surface area contributed by atoms with Gasteiger partial charge in [-0.05, 0) is 11.6 Å². The first-order valence-corrected chi connectivity index (χ1v) is 3.64. The average molecular weight is 163 g/mol. The number of hydrogen-bond donors (Lipinski definition) is 0. The van der Waals surface area contributed by atoms with Crippen molar-refractivity contribution < 1.29 is 9.53 Å². The number of esters is 1. The molecule has 0 aliphatic heterocycles. The Balaban J connectivity index is 2.64. The van der Waals surface area contributed by atoms with Crippen LogP contribution < -0.4 is 0 Å². The maximum Gasteiger partial charge on any atom is 0.330 e. The van der Waals surface area contributed by atoms with Crippen LogP contribution in [0, 0.1) is 0 Å². The second-order valence-electron chi connectivity index (χ2n) is 2.27. The van der Waals surface area contributed by atoms with E-state index in [4.69, 9.17) is 0 Å². The second kappa shape index (κ2) is 4.34. The van der Waals surface area contributed by atoms with Crippen LogP contribution in [0.4, 0.5) is 0 Å². The molecule has 0 N–H and O–H groups in total. The molecule has 0 aliphatic carbocycles. The van der Waals surface area contributed by atoms with Crippen LogP contribution in [0.3, 0.4) is 0 Å². The number of benzene rings is 1. The summed E-state index contributed by atoms with van der Waals surface area (Å²) >= 11 is 0. The Bertz CT molecular complexity index is 275. The van der Waals surface area contributed by atoms with Gasteiger partial charge in [0, 0.05) is 6.08 Å². The molecular weight excluding hydrogens is 153 g/mol. The topological polar surface area (TPSA) is 26.3 Å². The van der Waals surface area contributed by atoms with Gasteiger partial charge in [-0.15, -0.1) is 0 Å². The molecule has 12 heavy (non-hydrogen) atoms. The van der Waals surface area contributed by atoms with Crippen LogP contribution in [0.15, 0.2) is 36.4 Å². The molecule has 0 saturated heterocycles. The smallest absolute Gasteiger partial charge is 0.330 e. The van der Waals surface area contributed by atoms with E-state index in [1.165, 1.54) is 13.2 Å². The van der Waals surface area contributed by atoms with Crippen molar-refractivity contribution >= 4 is 12.0 Å². The Morgan fingerprint density at radius 3 is 2.58 bits per heavy atom. The lowest BCUT2D eigenvalue weighted by atomic mass is 10.2. The minimum Gasteiger partial charge on any atom is -0.466 e. The van der Waals surface area contributed by atoms with E-state index in [1.54, 1.807) is 6.08 Å². The lowest BCUT2D eigenvalue weighted by molar-refractivity contribution is -0.134. The summed E-state index contributed by atoms with van der Waals surface area (Å²) in [5.74, 6) is -0.334. The molecular formula is C10H10O2. The zero-order valence-electron chi connectivity index (χ0n) is 6.86. The van der Waals surface area contributed by atoms with Crippen LogP contribution >= 0.6 is 0 Å². The zero-order chi connectivity index (χ0) is 8.81. The van der Waals surface area contributed by atoms with Crippen LogP contribution in [0.2, 0.25) is 0 Å². The van der Waals surface area contributed by atoms with Gasteiger partial charge in [-0.3, -0.25) is 0 Å². The Morgan fingerprint density at radius 1 is 1.33 bits per heavy atom. The van der Waals surface area contributed by atoms with E-state index in [9.17, 15) is 4.79 Å². The summed E-state index contributed by atoms with van der Waals surface area (Å²) in [6.07, 6.45) is 3.11. The van der Waals surface area contributed by atoms with Crippen LogP contribution in [0.5, 0.6) is 0 Å². The standard InChI is InChI=1S/C10H10O2/c1-12-10(11)8-7-9-5-3-2-4-6-9/h2-8H,1H3/b8-7-/i10+1. The van der Waals surface area contributed by atoms with Gasteiger partial charge in [0.05, 0.1) is 7.11 Å². The summed E-state index contributed by atoms with van der Waals surface area (Å²) in [4.78, 5) is 10.7. The molecule has 0 aliphatic rings. The van der Waals surface area contributed by atoms with Crippen molar-refractivity contribution in [2.45, 2.75) is 0 Å². The zero-order valence-corrected chi connectivity index (χ0v) is 6.86. The number of carbonyl (C=O) groups is 1. The fourth-order valence-electron chi connectivity index (χ4n) is 0.796. The van der Waals surface area contributed by atoms with Gasteiger partial charge in [0.2, 0.25) is 0 Å². The van der Waals surface area contributed by atoms with E-state index in [-0.39, 0.29) is 5.97 Å². The molecule has 2 heteroatoms. The second-order valence-corrected chi connectivity index (χ2v) is 2.27. The third kappa shape index (κ3) is 2.58. The minimum absolute atomic E-state index is 0.334. The highest BCUT2D eigenvalue weighted by Crippen LogP contribution is 2.00. The predicted octanol–water partition coefficient (Wildman–Crippen LogP) is 1.87. The predicted molar refractivity (Wildman–Crippen MR) is 47.5 cm³/mol. The Hall–Kier alpha value is -1.57. The molecule has 0 saturated carbocycles. The van der Waals surface area contributed by atoms with Gasteiger partial charge >= 0.3 is 5.97 Å². The summed E-state index contributed by atoms with van der Waals surface area (Å²) in [7, 11) is 1.36. The summed E-state index contributed by atoms with van der Waals surface area (Å²) in [5, 5.41) is 0. The van der Waals surface area contributed by atoms with E-state index in [0.29, 0.717) is 0 Å². The first-order valence-electron chi connectivity index (χ1n) is 3.64. The monoisotopic (exact) mass is 163 g/mol. The molecule has 0 aromatic heterocycles. The van der Waals surface area contributed by atoms with Crippen LogP contribution in [0.1, 0.15) is 5.56 Å². The van der Waals surface area contributed by atoms with E-state index >= 15 is 0 Å². The molecule has 1 rings (SSSR count). The van der Waals surface area contributed by atoms with Gasteiger partial charge in [0.15, 0.2) is 0 Å². The molecule has 0 heterocycles. The van der Waals surface area contributed by atoms with Crippen molar-refractivity contribution in [2.24, 2.45) is 0 Å². The molecule has 0 unspecified atom stereocenters. The molecule has 0 atom stereocenters. The number of rotatable bonds is 2. The van der Waals surface area contributed by atoms with E-state index in [0.717, 1.165) is 5.56 Å². The fourth-order valence-corrected chi connectivity index (χ4v) is 0.796. The first-order chi connectivity index (χ1) is 5.83. The van der Waals surface area contributed by atoms with E-state index in [1.807, 2.05) is 30.3 Å². The molecule has 0 amide bonds. The summed E-state index contributed by atoms with van der Waals surface area (Å²) < 4.78 is 4.45. The molecule has 0 radical (unpaired) electrons. The average Bonchev–Trinajstić information content (AvgIpc) is 2.16. The largest absolute Gasteiger partial charge is 0.466 e. The lowest BCUT2D eigenvalue weighted by Gasteiger charge is -1.91. The Kier molecular flexibility index (Phi) is 3.08. The first kappa shape index (κ1) is 8.53. The SMILES string of the molecule is CO[13C](=O)/C=C\c1ccccc1. The summed E-state index contributed by atoms with van der Waals surface area (Å²) in [5.41, 5.74) is 0.989. The Morgan fingerprint density at radius 2 is 2.00 bits per heavy atom. The van der Waals surface area contributed by atoms with Gasteiger partial charge < -0.3 is 4.74 Å². The number of methoxy groups -OCH3 is 1. The van der Waals surface area contributed by atoms with Gasteiger partial charge in [-0.2, -0.15) is 0 Å². The number of hydrogen-bond acceptors (Lipinski definition) is 2. The highest BCUT2D eigenvalue weighted by atomic mass is 16.6. The third-order valence-electron chi connectivity index (χ3n) is 1.41. The van der Waals surface area contributed by atoms with Gasteiger partial charge in [0.1, 0.15) is 0 Å². The minimum atomic E-state index is -0.334. The van der Waals surface area contributed by atoms with Gasteiger partial charge in [0.25, 0.3) is 0 Å². The molecule has 0 bridgehead atoms. The van der Waals surface area contributed by atoms with Crippen molar-refractivity contribution in [1.29, 1.82) is 0 Å². The fraction of sp³-hybridized carbons (Fsp3) is 0.100. The number of carbonyl (C=O) groups excluding carboxylic acids is 1. The van der Waals surface area contributed by atoms with Crippen molar-refractivity contribution in [3.8, 4) is 0 Å². The molecule has 62 valence electrons. The molecule has 1 aromatic carbocycles. The maximum absolute atomic E-state index is 10.7. The molecule has 1 aromatic rings.